The summed E-state index contributed by atoms with van der Waals surface area (Å²) in [5.41, 5.74) is 0.982. The van der Waals surface area contributed by atoms with E-state index in [4.69, 9.17) is 21.9 Å². The summed E-state index contributed by atoms with van der Waals surface area (Å²) < 4.78 is 40.2. The molecule has 2 radical (unpaired) electrons. The maximum atomic E-state index is 12.3. The first kappa shape index (κ1) is 21.4. The number of ether oxygens (including phenoxy) is 2. The predicted molar refractivity (Wildman–Crippen MR) is 99.2 cm³/mol. The molecule has 1 aliphatic rings. The molecular weight excluding hydrogens is 371 g/mol. The van der Waals surface area contributed by atoms with E-state index in [1.165, 1.54) is 0 Å². The summed E-state index contributed by atoms with van der Waals surface area (Å²) >= 11 is 0. The van der Waals surface area contributed by atoms with E-state index in [9.17, 15) is 18.0 Å². The van der Waals surface area contributed by atoms with Gasteiger partial charge in [0.15, 0.2) is 5.78 Å². The Labute approximate surface area is 160 Å². The second kappa shape index (κ2) is 9.89. The van der Waals surface area contributed by atoms with Gasteiger partial charge in [-0.3, -0.25) is 14.1 Å². The van der Waals surface area contributed by atoms with Gasteiger partial charge in [0.05, 0.1) is 13.8 Å². The third kappa shape index (κ3) is 7.34. The highest BCUT2D eigenvalue weighted by atomic mass is 32.2. The van der Waals surface area contributed by atoms with E-state index in [0.717, 1.165) is 5.56 Å². The van der Waals surface area contributed by atoms with Crippen LogP contribution in [0.1, 0.15) is 31.2 Å². The Morgan fingerprint density at radius 1 is 1.07 bits per heavy atom. The minimum atomic E-state index is -4.15. The summed E-state index contributed by atoms with van der Waals surface area (Å²) in [5.74, 6) is -1.00. The Bertz CT molecular complexity index is 737. The first-order chi connectivity index (χ1) is 12.8. The molecule has 1 N–H and O–H groups in total. The third-order valence-corrected chi connectivity index (χ3v) is 5.32. The number of benzene rings is 1. The molecule has 0 aromatic heterocycles. The van der Waals surface area contributed by atoms with Crippen molar-refractivity contribution in [3.8, 4) is 5.75 Å². The lowest BCUT2D eigenvalue weighted by molar-refractivity contribution is -0.150. The van der Waals surface area contributed by atoms with Crippen molar-refractivity contribution in [3.63, 3.8) is 0 Å². The Morgan fingerprint density at radius 2 is 1.67 bits per heavy atom. The lowest BCUT2D eigenvalue weighted by Crippen LogP contribution is -2.30. The van der Waals surface area contributed by atoms with E-state index in [0.29, 0.717) is 37.8 Å². The smallest absolute Gasteiger partial charge is 0.308 e. The molecule has 146 valence electrons. The fourth-order valence-corrected chi connectivity index (χ4v) is 3.30. The zero-order chi connectivity index (χ0) is 19.9. The molecule has 1 aliphatic carbocycles. The summed E-state index contributed by atoms with van der Waals surface area (Å²) in [7, 11) is 1.39. The SMILES string of the molecule is [B]Cc1ccc(OCC(=O)C2CCC(C(=O)OCCS(=O)(=O)O)CC2)cc1. The largest absolute Gasteiger partial charge is 0.486 e. The topological polar surface area (TPSA) is 107 Å². The van der Waals surface area contributed by atoms with E-state index < -0.39 is 21.8 Å². The van der Waals surface area contributed by atoms with Gasteiger partial charge in [0.2, 0.25) is 0 Å². The van der Waals surface area contributed by atoms with E-state index in [1.807, 2.05) is 12.1 Å². The molecule has 1 aromatic rings. The van der Waals surface area contributed by atoms with Crippen molar-refractivity contribution in [1.82, 2.24) is 0 Å². The Kier molecular flexibility index (Phi) is 7.85. The van der Waals surface area contributed by atoms with E-state index in [2.05, 4.69) is 0 Å². The normalized spacial score (nSPS) is 20.0. The molecule has 0 amide bonds. The van der Waals surface area contributed by atoms with Crippen molar-refractivity contribution >= 4 is 29.7 Å². The number of hydrogen-bond acceptors (Lipinski definition) is 6. The predicted octanol–water partition coefficient (Wildman–Crippen LogP) is 1.54. The number of hydrogen-bond donors (Lipinski definition) is 1. The fourth-order valence-electron chi connectivity index (χ4n) is 3.01. The highest BCUT2D eigenvalue weighted by Crippen LogP contribution is 2.30. The lowest BCUT2D eigenvalue weighted by atomic mass is 9.80. The maximum Gasteiger partial charge on any atom is 0.308 e. The molecule has 0 saturated heterocycles. The monoisotopic (exact) mass is 394 g/mol. The minimum absolute atomic E-state index is 0.00362. The van der Waals surface area contributed by atoms with Gasteiger partial charge in [-0.2, -0.15) is 8.42 Å². The third-order valence-electron chi connectivity index (χ3n) is 4.64. The standard InChI is InChI=1S/C18H23BO7S/c19-11-13-1-7-16(8-2-13)26-12-17(20)14-3-5-15(6-4-14)18(21)25-9-10-27(22,23)24/h1-2,7-8,14-15H,3-6,9-12H2,(H,22,23,24). The molecule has 0 bridgehead atoms. The average Bonchev–Trinajstić information content (AvgIpc) is 2.65. The van der Waals surface area contributed by atoms with Crippen molar-refractivity contribution in [3.05, 3.63) is 29.8 Å². The highest BCUT2D eigenvalue weighted by Gasteiger charge is 2.31. The van der Waals surface area contributed by atoms with Crippen LogP contribution in [-0.2, 0) is 30.8 Å². The number of ketones is 1. The van der Waals surface area contributed by atoms with Crippen molar-refractivity contribution in [1.29, 1.82) is 0 Å². The first-order valence-electron chi connectivity index (χ1n) is 8.85. The molecule has 9 heteroatoms. The molecule has 0 aliphatic heterocycles. The maximum absolute atomic E-state index is 12.3. The molecule has 2 rings (SSSR count). The van der Waals surface area contributed by atoms with Crippen LogP contribution in [0.15, 0.2) is 24.3 Å². The van der Waals surface area contributed by atoms with Gasteiger partial charge in [-0.15, -0.1) is 0 Å². The van der Waals surface area contributed by atoms with Crippen LogP contribution in [0.5, 0.6) is 5.75 Å². The van der Waals surface area contributed by atoms with Crippen LogP contribution in [0.2, 0.25) is 0 Å². The van der Waals surface area contributed by atoms with E-state index in [-0.39, 0.29) is 30.8 Å². The molecule has 0 heterocycles. The van der Waals surface area contributed by atoms with Gasteiger partial charge in [-0.1, -0.05) is 24.0 Å². The second-order valence-electron chi connectivity index (χ2n) is 6.61. The van der Waals surface area contributed by atoms with Crippen LogP contribution < -0.4 is 4.74 Å². The van der Waals surface area contributed by atoms with Gasteiger partial charge in [0.25, 0.3) is 10.1 Å². The van der Waals surface area contributed by atoms with E-state index >= 15 is 0 Å². The molecule has 1 fully saturated rings. The van der Waals surface area contributed by atoms with Crippen molar-refractivity contribution < 1.29 is 32.0 Å². The van der Waals surface area contributed by atoms with Crippen molar-refractivity contribution in [2.45, 2.75) is 32.0 Å². The lowest BCUT2D eigenvalue weighted by Gasteiger charge is -2.26. The summed E-state index contributed by atoms with van der Waals surface area (Å²) in [6.45, 7) is -0.385. The van der Waals surface area contributed by atoms with Gasteiger partial charge in [-0.25, -0.2) is 0 Å². The van der Waals surface area contributed by atoms with Crippen LogP contribution in [0, 0.1) is 11.8 Å². The molecule has 27 heavy (non-hydrogen) atoms. The van der Waals surface area contributed by atoms with Crippen molar-refractivity contribution in [2.24, 2.45) is 11.8 Å². The number of Topliss-reactive ketones (excluding diaryl/α,β-unsaturated/α-hetero) is 1. The summed E-state index contributed by atoms with van der Waals surface area (Å²) in [6, 6.07) is 7.24. The fraction of sp³-hybridized carbons (Fsp3) is 0.556. The van der Waals surface area contributed by atoms with Crippen LogP contribution >= 0.6 is 0 Å². The molecule has 1 aromatic carbocycles. The molecule has 0 unspecified atom stereocenters. The van der Waals surface area contributed by atoms with Gasteiger partial charge in [-0.05, 0) is 37.8 Å². The Morgan fingerprint density at radius 3 is 2.22 bits per heavy atom. The van der Waals surface area contributed by atoms with Crippen LogP contribution in [0.25, 0.3) is 0 Å². The zero-order valence-corrected chi connectivity index (χ0v) is 15.8. The number of carbonyl (C=O) groups excluding carboxylic acids is 2. The first-order valence-corrected chi connectivity index (χ1v) is 10.5. The highest BCUT2D eigenvalue weighted by molar-refractivity contribution is 7.85. The van der Waals surface area contributed by atoms with Crippen LogP contribution in [0.4, 0.5) is 0 Å². The number of carbonyl (C=O) groups is 2. The van der Waals surface area contributed by atoms with Gasteiger partial charge in [0.1, 0.15) is 24.7 Å². The quantitative estimate of drug-likeness (QED) is 0.385. The van der Waals surface area contributed by atoms with Gasteiger partial charge < -0.3 is 9.47 Å². The van der Waals surface area contributed by atoms with Crippen LogP contribution in [0.3, 0.4) is 0 Å². The van der Waals surface area contributed by atoms with Gasteiger partial charge in [0, 0.05) is 5.92 Å². The molecule has 7 nitrogen and oxygen atoms in total. The number of rotatable bonds is 9. The van der Waals surface area contributed by atoms with Crippen molar-refractivity contribution in [2.75, 3.05) is 19.0 Å². The molecule has 1 saturated carbocycles. The summed E-state index contributed by atoms with van der Waals surface area (Å²) in [4.78, 5) is 24.2. The van der Waals surface area contributed by atoms with Crippen LogP contribution in [-0.4, -0.2) is 51.5 Å². The average molecular weight is 394 g/mol. The Balaban J connectivity index is 1.70. The number of esters is 1. The summed E-state index contributed by atoms with van der Waals surface area (Å²) in [6.07, 6.45) is 2.58. The second-order valence-corrected chi connectivity index (χ2v) is 8.18. The van der Waals surface area contributed by atoms with Gasteiger partial charge >= 0.3 is 5.97 Å². The Hall–Kier alpha value is -1.87. The minimum Gasteiger partial charge on any atom is -0.486 e. The van der Waals surface area contributed by atoms with E-state index in [1.54, 1.807) is 12.1 Å². The molecular formula is C18H23BO7S. The summed E-state index contributed by atoms with van der Waals surface area (Å²) in [5, 5.41) is 0. The molecule has 0 spiro atoms. The molecule has 0 atom stereocenters. The zero-order valence-electron chi connectivity index (χ0n) is 15.0.